The van der Waals surface area contributed by atoms with Crippen LogP contribution in [0.25, 0.3) is 22.3 Å². The van der Waals surface area contributed by atoms with Gasteiger partial charge in [0, 0.05) is 29.7 Å². The van der Waals surface area contributed by atoms with Gasteiger partial charge in [-0.15, -0.1) is 0 Å². The Balaban J connectivity index is 2.31. The Hall–Kier alpha value is -2.30. The van der Waals surface area contributed by atoms with Gasteiger partial charge in [0.05, 0.1) is 0 Å². The Kier molecular flexibility index (Phi) is 1.95. The Morgan fingerprint density at radius 3 is 2.88 bits per heavy atom. The molecule has 2 aromatic heterocycles. The smallest absolute Gasteiger partial charge is 0.343 e. The number of aromatic amines is 2. The Morgan fingerprint density at radius 2 is 2.18 bits per heavy atom. The number of benzene rings is 1. The van der Waals surface area contributed by atoms with Crippen molar-refractivity contribution in [2.24, 2.45) is 7.05 Å². The van der Waals surface area contributed by atoms with Gasteiger partial charge in [-0.25, -0.2) is 9.48 Å². The zero-order valence-electron chi connectivity index (χ0n) is 9.61. The SMILES string of the molecule is Cc1cccc2c(-c3nn(C)c(=O)[nH]3)c[nH]c12. The lowest BCUT2D eigenvalue weighted by Crippen LogP contribution is -2.13. The highest BCUT2D eigenvalue weighted by Gasteiger charge is 2.11. The minimum atomic E-state index is -0.206. The van der Waals surface area contributed by atoms with E-state index in [-0.39, 0.29) is 5.69 Å². The van der Waals surface area contributed by atoms with E-state index in [0.717, 1.165) is 16.5 Å². The maximum absolute atomic E-state index is 11.4. The average Bonchev–Trinajstić information content (AvgIpc) is 2.85. The molecule has 5 heteroatoms. The lowest BCUT2D eigenvalue weighted by molar-refractivity contribution is 0.736. The van der Waals surface area contributed by atoms with Crippen molar-refractivity contribution in [3.63, 3.8) is 0 Å². The number of hydrogen-bond donors (Lipinski definition) is 2. The van der Waals surface area contributed by atoms with Crippen molar-refractivity contribution in [3.05, 3.63) is 40.4 Å². The molecule has 2 heterocycles. The molecule has 0 fully saturated rings. The van der Waals surface area contributed by atoms with Crippen LogP contribution in [0.4, 0.5) is 0 Å². The molecule has 0 aliphatic rings. The molecular weight excluding hydrogens is 216 g/mol. The maximum atomic E-state index is 11.4. The van der Waals surface area contributed by atoms with Crippen LogP contribution in [0.2, 0.25) is 0 Å². The predicted octanol–water partition coefficient (Wildman–Crippen LogP) is 1.57. The molecule has 0 saturated heterocycles. The van der Waals surface area contributed by atoms with Gasteiger partial charge in [0.2, 0.25) is 0 Å². The van der Waals surface area contributed by atoms with Crippen LogP contribution in [0.1, 0.15) is 5.56 Å². The van der Waals surface area contributed by atoms with E-state index in [4.69, 9.17) is 0 Å². The first-order valence-corrected chi connectivity index (χ1v) is 5.37. The molecule has 17 heavy (non-hydrogen) atoms. The highest BCUT2D eigenvalue weighted by molar-refractivity contribution is 5.95. The van der Waals surface area contributed by atoms with Gasteiger partial charge in [-0.1, -0.05) is 18.2 Å². The fourth-order valence-corrected chi connectivity index (χ4v) is 2.03. The van der Waals surface area contributed by atoms with E-state index < -0.39 is 0 Å². The summed E-state index contributed by atoms with van der Waals surface area (Å²) in [4.78, 5) is 17.3. The lowest BCUT2D eigenvalue weighted by Gasteiger charge is -1.96. The summed E-state index contributed by atoms with van der Waals surface area (Å²) < 4.78 is 1.30. The number of nitrogens with zero attached hydrogens (tertiary/aromatic N) is 2. The minimum absolute atomic E-state index is 0.206. The first-order valence-electron chi connectivity index (χ1n) is 5.37. The molecular formula is C12H12N4O. The standard InChI is InChI=1S/C12H12N4O/c1-7-4-3-5-8-9(6-13-10(7)8)11-14-12(17)16(2)15-11/h3-6,13H,1-2H3,(H,14,15,17). The van der Waals surface area contributed by atoms with E-state index in [1.165, 1.54) is 10.2 Å². The van der Waals surface area contributed by atoms with Gasteiger partial charge in [-0.3, -0.25) is 4.98 Å². The van der Waals surface area contributed by atoms with Gasteiger partial charge in [0.25, 0.3) is 0 Å². The van der Waals surface area contributed by atoms with E-state index in [1.807, 2.05) is 31.3 Å². The van der Waals surface area contributed by atoms with Crippen molar-refractivity contribution in [2.45, 2.75) is 6.92 Å². The third-order valence-corrected chi connectivity index (χ3v) is 2.95. The van der Waals surface area contributed by atoms with Gasteiger partial charge in [-0.2, -0.15) is 5.10 Å². The number of nitrogens with one attached hydrogen (secondary N) is 2. The molecule has 0 aliphatic heterocycles. The van der Waals surface area contributed by atoms with Crippen LogP contribution >= 0.6 is 0 Å². The second-order valence-electron chi connectivity index (χ2n) is 4.10. The molecule has 0 radical (unpaired) electrons. The molecule has 5 nitrogen and oxygen atoms in total. The monoisotopic (exact) mass is 228 g/mol. The van der Waals surface area contributed by atoms with Crippen molar-refractivity contribution < 1.29 is 0 Å². The molecule has 86 valence electrons. The first-order chi connectivity index (χ1) is 8.16. The van der Waals surface area contributed by atoms with Crippen LogP contribution in [0.15, 0.2) is 29.2 Å². The van der Waals surface area contributed by atoms with Crippen molar-refractivity contribution in [3.8, 4) is 11.4 Å². The van der Waals surface area contributed by atoms with Gasteiger partial charge >= 0.3 is 5.69 Å². The number of fused-ring (bicyclic) bond motifs is 1. The van der Waals surface area contributed by atoms with E-state index in [0.29, 0.717) is 5.82 Å². The van der Waals surface area contributed by atoms with Gasteiger partial charge in [0.1, 0.15) is 0 Å². The van der Waals surface area contributed by atoms with E-state index in [9.17, 15) is 4.79 Å². The number of H-pyrrole nitrogens is 2. The molecule has 1 aromatic carbocycles. The molecule has 0 spiro atoms. The fraction of sp³-hybridized carbons (Fsp3) is 0.167. The average molecular weight is 228 g/mol. The number of hydrogen-bond acceptors (Lipinski definition) is 2. The lowest BCUT2D eigenvalue weighted by atomic mass is 10.1. The normalized spacial score (nSPS) is 11.2. The molecule has 0 atom stereocenters. The number of rotatable bonds is 1. The summed E-state index contributed by atoms with van der Waals surface area (Å²) >= 11 is 0. The first kappa shape index (κ1) is 9.89. The van der Waals surface area contributed by atoms with Crippen molar-refractivity contribution >= 4 is 10.9 Å². The molecule has 2 N–H and O–H groups in total. The fourth-order valence-electron chi connectivity index (χ4n) is 2.03. The van der Waals surface area contributed by atoms with Gasteiger partial charge in [-0.05, 0) is 12.5 Å². The topological polar surface area (TPSA) is 66.5 Å². The summed E-state index contributed by atoms with van der Waals surface area (Å²) in [5.74, 6) is 0.592. The van der Waals surface area contributed by atoms with Crippen LogP contribution in [0.5, 0.6) is 0 Å². The van der Waals surface area contributed by atoms with Crippen LogP contribution in [-0.4, -0.2) is 19.7 Å². The Bertz CT molecular complexity index is 747. The second kappa shape index (κ2) is 3.35. The van der Waals surface area contributed by atoms with Crippen LogP contribution in [0.3, 0.4) is 0 Å². The largest absolute Gasteiger partial charge is 0.360 e. The summed E-state index contributed by atoms with van der Waals surface area (Å²) in [7, 11) is 1.63. The number of aryl methyl sites for hydroxylation is 2. The van der Waals surface area contributed by atoms with Crippen LogP contribution < -0.4 is 5.69 Å². The van der Waals surface area contributed by atoms with Crippen molar-refractivity contribution in [1.29, 1.82) is 0 Å². The maximum Gasteiger partial charge on any atom is 0.343 e. The minimum Gasteiger partial charge on any atom is -0.360 e. The second-order valence-corrected chi connectivity index (χ2v) is 4.10. The van der Waals surface area contributed by atoms with E-state index in [2.05, 4.69) is 15.1 Å². The van der Waals surface area contributed by atoms with Crippen LogP contribution in [-0.2, 0) is 7.05 Å². The molecule has 0 aliphatic carbocycles. The van der Waals surface area contributed by atoms with Crippen LogP contribution in [0, 0.1) is 6.92 Å². The van der Waals surface area contributed by atoms with E-state index >= 15 is 0 Å². The summed E-state index contributed by atoms with van der Waals surface area (Å²) in [6.07, 6.45) is 1.87. The number of para-hydroxylation sites is 1. The summed E-state index contributed by atoms with van der Waals surface area (Å²) in [5, 5.41) is 5.23. The summed E-state index contributed by atoms with van der Waals surface area (Å²) in [5.41, 5.74) is 2.96. The third kappa shape index (κ3) is 1.39. The summed E-state index contributed by atoms with van der Waals surface area (Å²) in [6, 6.07) is 6.06. The quantitative estimate of drug-likeness (QED) is 0.663. The predicted molar refractivity (Wildman–Crippen MR) is 65.9 cm³/mol. The summed E-state index contributed by atoms with van der Waals surface area (Å²) in [6.45, 7) is 2.05. The molecule has 3 rings (SSSR count). The van der Waals surface area contributed by atoms with Gasteiger partial charge < -0.3 is 4.98 Å². The molecule has 3 aromatic rings. The van der Waals surface area contributed by atoms with Crippen molar-refractivity contribution in [1.82, 2.24) is 19.7 Å². The molecule has 0 amide bonds. The van der Waals surface area contributed by atoms with Crippen molar-refractivity contribution in [2.75, 3.05) is 0 Å². The zero-order valence-corrected chi connectivity index (χ0v) is 9.61. The Morgan fingerprint density at radius 1 is 1.35 bits per heavy atom. The highest BCUT2D eigenvalue weighted by atomic mass is 16.1. The highest BCUT2D eigenvalue weighted by Crippen LogP contribution is 2.27. The Labute approximate surface area is 97.1 Å². The third-order valence-electron chi connectivity index (χ3n) is 2.95. The van der Waals surface area contributed by atoms with Gasteiger partial charge in [0.15, 0.2) is 5.82 Å². The zero-order chi connectivity index (χ0) is 12.0. The molecule has 0 unspecified atom stereocenters. The molecule has 0 saturated carbocycles. The van der Waals surface area contributed by atoms with E-state index in [1.54, 1.807) is 7.05 Å². The molecule has 0 bridgehead atoms. The number of aromatic nitrogens is 4.